The molecule has 5 heterocycles. The van der Waals surface area contributed by atoms with Gasteiger partial charge in [0.25, 0.3) is 5.89 Å². The van der Waals surface area contributed by atoms with Gasteiger partial charge in [-0.1, -0.05) is 25.1 Å². The molecule has 6 rings (SSSR count). The zero-order valence-corrected chi connectivity index (χ0v) is 18.6. The lowest BCUT2D eigenvalue weighted by molar-refractivity contribution is -0.121. The number of piperidine rings is 1. The van der Waals surface area contributed by atoms with Gasteiger partial charge in [-0.05, 0) is 30.9 Å². The van der Waals surface area contributed by atoms with E-state index in [2.05, 4.69) is 43.4 Å². The zero-order chi connectivity index (χ0) is 22.6. The van der Waals surface area contributed by atoms with Crippen molar-refractivity contribution < 1.29 is 9.21 Å². The number of aromatic nitrogens is 6. The van der Waals surface area contributed by atoms with E-state index in [-0.39, 0.29) is 5.91 Å². The summed E-state index contributed by atoms with van der Waals surface area (Å²) in [5, 5.41) is 11.4. The number of benzene rings is 1. The van der Waals surface area contributed by atoms with Crippen molar-refractivity contribution in [3.8, 4) is 11.7 Å². The molecule has 2 aliphatic heterocycles. The molecule has 4 aromatic rings. The molecule has 0 radical (unpaired) electrons. The lowest BCUT2D eigenvalue weighted by Gasteiger charge is -2.38. The van der Waals surface area contributed by atoms with Crippen LogP contribution in [0.1, 0.15) is 37.6 Å². The maximum absolute atomic E-state index is 12.9. The Kier molecular flexibility index (Phi) is 4.42. The summed E-state index contributed by atoms with van der Waals surface area (Å²) in [5.74, 6) is 2.40. The molecular weight excluding hydrogens is 420 g/mol. The highest BCUT2D eigenvalue weighted by atomic mass is 16.4. The minimum atomic E-state index is -0.478. The molecule has 10 heteroatoms. The Balaban J connectivity index is 1.32. The Hall–Kier alpha value is -3.82. The van der Waals surface area contributed by atoms with Crippen LogP contribution in [-0.2, 0) is 23.7 Å². The number of carbonyl (C=O) groups excluding carboxylic acids is 1. The van der Waals surface area contributed by atoms with Gasteiger partial charge in [0.1, 0.15) is 6.33 Å². The van der Waals surface area contributed by atoms with Crippen LogP contribution in [0, 0.1) is 0 Å². The Morgan fingerprint density at radius 3 is 2.79 bits per heavy atom. The number of rotatable bonds is 4. The van der Waals surface area contributed by atoms with E-state index in [4.69, 9.17) is 9.40 Å². The monoisotopic (exact) mass is 444 g/mol. The molecule has 1 amide bonds. The second-order valence-corrected chi connectivity index (χ2v) is 8.68. The third-order valence-corrected chi connectivity index (χ3v) is 6.80. The SMILES string of the molecule is CCCc1nnc(-c2nc3c(N4CCC5(CC4)C(=O)Nc4ccccc45)ncnc3n2C)o1. The molecule has 0 bridgehead atoms. The van der Waals surface area contributed by atoms with Gasteiger partial charge in [0.2, 0.25) is 17.6 Å². The topological polar surface area (TPSA) is 115 Å². The van der Waals surface area contributed by atoms with E-state index >= 15 is 0 Å². The Bertz CT molecular complexity index is 1370. The second-order valence-electron chi connectivity index (χ2n) is 8.68. The van der Waals surface area contributed by atoms with Gasteiger partial charge < -0.3 is 19.2 Å². The third kappa shape index (κ3) is 2.93. The summed E-state index contributed by atoms with van der Waals surface area (Å²) in [5.41, 5.74) is 2.94. The lowest BCUT2D eigenvalue weighted by atomic mass is 9.73. The molecule has 0 unspecified atom stereocenters. The molecule has 1 fully saturated rings. The highest BCUT2D eigenvalue weighted by Crippen LogP contribution is 2.45. The zero-order valence-electron chi connectivity index (χ0n) is 18.6. The van der Waals surface area contributed by atoms with E-state index in [0.29, 0.717) is 54.7 Å². The first kappa shape index (κ1) is 19.8. The summed E-state index contributed by atoms with van der Waals surface area (Å²) < 4.78 is 7.66. The van der Waals surface area contributed by atoms with Crippen LogP contribution in [0.4, 0.5) is 11.5 Å². The summed E-state index contributed by atoms with van der Waals surface area (Å²) in [6.45, 7) is 3.46. The second kappa shape index (κ2) is 7.36. The fraction of sp³-hybridized carbons (Fsp3) is 0.391. The van der Waals surface area contributed by atoms with Gasteiger partial charge in [0, 0.05) is 32.2 Å². The number of amides is 1. The van der Waals surface area contributed by atoms with Crippen molar-refractivity contribution in [3.05, 3.63) is 42.0 Å². The summed E-state index contributed by atoms with van der Waals surface area (Å²) in [7, 11) is 1.89. The molecule has 3 aromatic heterocycles. The van der Waals surface area contributed by atoms with E-state index in [1.807, 2.05) is 29.8 Å². The van der Waals surface area contributed by atoms with Crippen molar-refractivity contribution >= 4 is 28.6 Å². The van der Waals surface area contributed by atoms with Gasteiger partial charge in [0.05, 0.1) is 5.41 Å². The highest BCUT2D eigenvalue weighted by Gasteiger charge is 2.48. The van der Waals surface area contributed by atoms with Crippen LogP contribution in [0.3, 0.4) is 0 Å². The number of anilines is 2. The Labute approximate surface area is 190 Å². The van der Waals surface area contributed by atoms with Crippen molar-refractivity contribution in [2.24, 2.45) is 7.05 Å². The van der Waals surface area contributed by atoms with Gasteiger partial charge in [0.15, 0.2) is 17.0 Å². The number of fused-ring (bicyclic) bond motifs is 3. The summed E-state index contributed by atoms with van der Waals surface area (Å²) in [4.78, 5) is 28.9. The van der Waals surface area contributed by atoms with Crippen LogP contribution in [0.2, 0.25) is 0 Å². The third-order valence-electron chi connectivity index (χ3n) is 6.80. The van der Waals surface area contributed by atoms with E-state index < -0.39 is 5.41 Å². The molecule has 0 atom stereocenters. The van der Waals surface area contributed by atoms with Gasteiger partial charge >= 0.3 is 0 Å². The van der Waals surface area contributed by atoms with Gasteiger partial charge in [-0.2, -0.15) is 0 Å². The molecule has 1 saturated heterocycles. The molecule has 2 aliphatic rings. The van der Waals surface area contributed by atoms with Gasteiger partial charge in [-0.3, -0.25) is 4.79 Å². The molecule has 1 aromatic carbocycles. The fourth-order valence-corrected chi connectivity index (χ4v) is 5.04. The summed E-state index contributed by atoms with van der Waals surface area (Å²) in [6, 6.07) is 7.99. The first-order valence-electron chi connectivity index (χ1n) is 11.3. The van der Waals surface area contributed by atoms with Crippen molar-refractivity contribution in [1.82, 2.24) is 29.7 Å². The molecule has 33 heavy (non-hydrogen) atoms. The number of hydrogen-bond donors (Lipinski definition) is 1. The number of carbonyl (C=O) groups is 1. The maximum atomic E-state index is 12.9. The molecule has 168 valence electrons. The first-order chi connectivity index (χ1) is 16.1. The van der Waals surface area contributed by atoms with Crippen LogP contribution >= 0.6 is 0 Å². The van der Waals surface area contributed by atoms with E-state index in [0.717, 1.165) is 29.9 Å². The lowest BCUT2D eigenvalue weighted by Crippen LogP contribution is -2.46. The quantitative estimate of drug-likeness (QED) is 0.511. The number of nitrogens with one attached hydrogen (secondary N) is 1. The van der Waals surface area contributed by atoms with Crippen molar-refractivity contribution in [1.29, 1.82) is 0 Å². The predicted octanol–water partition coefficient (Wildman–Crippen LogP) is 2.86. The number of hydrogen-bond acceptors (Lipinski definition) is 8. The average Bonchev–Trinajstić information content (AvgIpc) is 3.51. The molecule has 0 aliphatic carbocycles. The van der Waals surface area contributed by atoms with E-state index in [9.17, 15) is 4.79 Å². The van der Waals surface area contributed by atoms with Crippen LogP contribution < -0.4 is 10.2 Å². The molecular formula is C23H24N8O2. The normalized spacial score (nSPS) is 17.0. The van der Waals surface area contributed by atoms with Gasteiger partial charge in [-0.25, -0.2) is 15.0 Å². The number of para-hydroxylation sites is 1. The molecule has 1 N–H and O–H groups in total. The minimum Gasteiger partial charge on any atom is -0.418 e. The standard InChI is InChI=1S/C23H24N8O2/c1-3-6-16-28-29-21(33-16)20-27-17-18(30(20)2)24-13-25-19(17)31-11-9-23(10-12-31)14-7-4-5-8-15(14)26-22(23)32/h4-5,7-8,13H,3,6,9-12H2,1-2H3,(H,26,32). The number of nitrogens with zero attached hydrogens (tertiary/aromatic N) is 7. The van der Waals surface area contributed by atoms with Crippen molar-refractivity contribution in [2.75, 3.05) is 23.3 Å². The first-order valence-corrected chi connectivity index (χ1v) is 11.3. The predicted molar refractivity (Wildman–Crippen MR) is 122 cm³/mol. The average molecular weight is 444 g/mol. The van der Waals surface area contributed by atoms with E-state index in [1.165, 1.54) is 0 Å². The Morgan fingerprint density at radius 2 is 1.97 bits per heavy atom. The van der Waals surface area contributed by atoms with E-state index in [1.54, 1.807) is 6.33 Å². The Morgan fingerprint density at radius 1 is 1.15 bits per heavy atom. The maximum Gasteiger partial charge on any atom is 0.284 e. The van der Waals surface area contributed by atoms with Crippen LogP contribution in [0.5, 0.6) is 0 Å². The molecule has 0 saturated carbocycles. The molecule has 10 nitrogen and oxygen atoms in total. The van der Waals surface area contributed by atoms with Crippen LogP contribution in [-0.4, -0.2) is 48.7 Å². The molecule has 1 spiro atoms. The smallest absolute Gasteiger partial charge is 0.284 e. The summed E-state index contributed by atoms with van der Waals surface area (Å²) in [6.07, 6.45) is 4.64. The largest absolute Gasteiger partial charge is 0.418 e. The fourth-order valence-electron chi connectivity index (χ4n) is 5.04. The highest BCUT2D eigenvalue weighted by molar-refractivity contribution is 6.06. The van der Waals surface area contributed by atoms with Crippen molar-refractivity contribution in [3.63, 3.8) is 0 Å². The number of aryl methyl sites for hydroxylation is 2. The summed E-state index contributed by atoms with van der Waals surface area (Å²) >= 11 is 0. The minimum absolute atomic E-state index is 0.0931. The number of imidazole rings is 1. The van der Waals surface area contributed by atoms with Crippen LogP contribution in [0.25, 0.3) is 22.9 Å². The van der Waals surface area contributed by atoms with Crippen LogP contribution in [0.15, 0.2) is 35.0 Å². The van der Waals surface area contributed by atoms with Gasteiger partial charge in [-0.15, -0.1) is 10.2 Å². The van der Waals surface area contributed by atoms with Crippen molar-refractivity contribution in [2.45, 2.75) is 38.0 Å².